The van der Waals surface area contributed by atoms with Gasteiger partial charge in [0.1, 0.15) is 11.6 Å². The molecule has 0 bridgehead atoms. The normalized spacial score (nSPS) is 13.6. The summed E-state index contributed by atoms with van der Waals surface area (Å²) in [7, 11) is 0. The number of nitrogens with one attached hydrogen (secondary N) is 1. The van der Waals surface area contributed by atoms with Gasteiger partial charge in [-0.1, -0.05) is 35.9 Å². The standard InChI is InChI=1S/C21H21ClFNO/c1-15(16-4-8-18(22)9-5-16)24-13-12-20(21-3-2-14-25-21)17-6-10-19(23)11-7-17/h2-11,14-15,20,24H,12-13H2,1H3/t15-,20+/m0/s1. The molecule has 4 heteroatoms. The van der Waals surface area contributed by atoms with Crippen LogP contribution in [-0.2, 0) is 0 Å². The van der Waals surface area contributed by atoms with Gasteiger partial charge in [0.15, 0.2) is 0 Å². The molecule has 0 unspecified atom stereocenters. The summed E-state index contributed by atoms with van der Waals surface area (Å²) >= 11 is 5.94. The molecule has 0 aliphatic heterocycles. The van der Waals surface area contributed by atoms with Crippen LogP contribution in [0.25, 0.3) is 0 Å². The fraction of sp³-hybridized carbons (Fsp3) is 0.238. The van der Waals surface area contributed by atoms with Crippen LogP contribution in [0.15, 0.2) is 71.3 Å². The van der Waals surface area contributed by atoms with Crippen molar-refractivity contribution in [2.24, 2.45) is 0 Å². The van der Waals surface area contributed by atoms with Gasteiger partial charge in [0.05, 0.1) is 6.26 Å². The predicted molar refractivity (Wildman–Crippen MR) is 99.4 cm³/mol. The molecule has 1 aromatic heterocycles. The Labute approximate surface area is 152 Å². The van der Waals surface area contributed by atoms with Crippen molar-refractivity contribution in [3.05, 3.63) is 94.7 Å². The quantitative estimate of drug-likeness (QED) is 0.565. The monoisotopic (exact) mass is 357 g/mol. The molecule has 0 saturated heterocycles. The third kappa shape index (κ3) is 4.71. The molecule has 0 radical (unpaired) electrons. The Morgan fingerprint density at radius 2 is 1.68 bits per heavy atom. The van der Waals surface area contributed by atoms with Crippen LogP contribution in [0.2, 0.25) is 5.02 Å². The van der Waals surface area contributed by atoms with Gasteiger partial charge in [0, 0.05) is 17.0 Å². The number of rotatable bonds is 7. The van der Waals surface area contributed by atoms with Crippen LogP contribution in [0.3, 0.4) is 0 Å². The van der Waals surface area contributed by atoms with Crippen molar-refractivity contribution in [1.29, 1.82) is 0 Å². The lowest BCUT2D eigenvalue weighted by Gasteiger charge is -2.19. The van der Waals surface area contributed by atoms with Gasteiger partial charge < -0.3 is 9.73 Å². The number of hydrogen-bond acceptors (Lipinski definition) is 2. The lowest BCUT2D eigenvalue weighted by molar-refractivity contribution is 0.457. The topological polar surface area (TPSA) is 25.2 Å². The van der Waals surface area contributed by atoms with E-state index in [1.54, 1.807) is 6.26 Å². The summed E-state index contributed by atoms with van der Waals surface area (Å²) in [6.45, 7) is 2.94. The van der Waals surface area contributed by atoms with Crippen LogP contribution in [0.1, 0.15) is 42.2 Å². The second-order valence-corrected chi connectivity index (χ2v) is 6.57. The van der Waals surface area contributed by atoms with Crippen LogP contribution in [0.5, 0.6) is 0 Å². The summed E-state index contributed by atoms with van der Waals surface area (Å²) in [6, 6.07) is 18.6. The molecule has 2 atom stereocenters. The number of benzene rings is 2. The molecule has 0 aliphatic rings. The van der Waals surface area contributed by atoms with Gasteiger partial charge in [0.2, 0.25) is 0 Å². The smallest absolute Gasteiger partial charge is 0.123 e. The summed E-state index contributed by atoms with van der Waals surface area (Å²) < 4.78 is 18.8. The lowest BCUT2D eigenvalue weighted by Crippen LogP contribution is -2.21. The van der Waals surface area contributed by atoms with E-state index in [0.29, 0.717) is 0 Å². The Morgan fingerprint density at radius 3 is 2.32 bits per heavy atom. The number of halogens is 2. The fourth-order valence-electron chi connectivity index (χ4n) is 2.97. The molecule has 0 aliphatic carbocycles. The molecule has 3 rings (SSSR count). The largest absolute Gasteiger partial charge is 0.469 e. The van der Waals surface area contributed by atoms with Crippen molar-refractivity contribution in [2.75, 3.05) is 6.54 Å². The maximum Gasteiger partial charge on any atom is 0.123 e. The average molecular weight is 358 g/mol. The minimum Gasteiger partial charge on any atom is -0.469 e. The third-order valence-corrected chi connectivity index (χ3v) is 4.66. The van der Waals surface area contributed by atoms with Crippen molar-refractivity contribution < 1.29 is 8.81 Å². The Balaban J connectivity index is 1.65. The van der Waals surface area contributed by atoms with Gasteiger partial charge in [-0.15, -0.1) is 0 Å². The maximum absolute atomic E-state index is 13.2. The molecule has 0 saturated carbocycles. The van der Waals surface area contributed by atoms with E-state index in [1.165, 1.54) is 17.7 Å². The van der Waals surface area contributed by atoms with Crippen LogP contribution >= 0.6 is 11.6 Å². The van der Waals surface area contributed by atoms with Crippen molar-refractivity contribution in [3.8, 4) is 0 Å². The van der Waals surface area contributed by atoms with Gasteiger partial charge in [-0.2, -0.15) is 0 Å². The fourth-order valence-corrected chi connectivity index (χ4v) is 3.10. The highest BCUT2D eigenvalue weighted by Gasteiger charge is 2.17. The van der Waals surface area contributed by atoms with E-state index in [2.05, 4.69) is 12.2 Å². The van der Waals surface area contributed by atoms with Gasteiger partial charge >= 0.3 is 0 Å². The van der Waals surface area contributed by atoms with Crippen LogP contribution in [-0.4, -0.2) is 6.54 Å². The predicted octanol–water partition coefficient (Wildman–Crippen LogP) is 5.94. The van der Waals surface area contributed by atoms with Gasteiger partial charge in [-0.3, -0.25) is 0 Å². The summed E-state index contributed by atoms with van der Waals surface area (Å²) in [6.07, 6.45) is 2.53. The zero-order valence-corrected chi connectivity index (χ0v) is 14.8. The molecule has 0 fully saturated rings. The molecular weight excluding hydrogens is 337 g/mol. The van der Waals surface area contributed by atoms with E-state index in [1.807, 2.05) is 48.5 Å². The highest BCUT2D eigenvalue weighted by atomic mass is 35.5. The second kappa shape index (κ2) is 8.32. The molecule has 1 heterocycles. The SMILES string of the molecule is C[C@H](NCC[C@H](c1ccc(F)cc1)c1ccco1)c1ccc(Cl)cc1. The molecular formula is C21H21ClFNO. The Bertz CT molecular complexity index is 769. The summed E-state index contributed by atoms with van der Waals surface area (Å²) in [5, 5.41) is 4.27. The van der Waals surface area contributed by atoms with Crippen molar-refractivity contribution in [2.45, 2.75) is 25.3 Å². The summed E-state index contributed by atoms with van der Waals surface area (Å²) in [5.74, 6) is 0.768. The van der Waals surface area contributed by atoms with E-state index in [0.717, 1.165) is 29.3 Å². The van der Waals surface area contributed by atoms with Crippen LogP contribution in [0, 0.1) is 5.82 Å². The Morgan fingerprint density at radius 1 is 1.00 bits per heavy atom. The first-order valence-electron chi connectivity index (χ1n) is 8.41. The highest BCUT2D eigenvalue weighted by Crippen LogP contribution is 2.28. The Hall–Kier alpha value is -2.10. The second-order valence-electron chi connectivity index (χ2n) is 6.14. The molecule has 1 N–H and O–H groups in total. The molecule has 0 spiro atoms. The van der Waals surface area contributed by atoms with Crippen molar-refractivity contribution in [3.63, 3.8) is 0 Å². The minimum atomic E-state index is -0.226. The van der Waals surface area contributed by atoms with Gasteiger partial charge in [-0.05, 0) is 67.4 Å². The van der Waals surface area contributed by atoms with Gasteiger partial charge in [-0.25, -0.2) is 4.39 Å². The first-order chi connectivity index (χ1) is 12.1. The Kier molecular flexibility index (Phi) is 5.90. The van der Waals surface area contributed by atoms with E-state index in [4.69, 9.17) is 16.0 Å². The first kappa shape index (κ1) is 17.7. The minimum absolute atomic E-state index is 0.0977. The number of hydrogen-bond donors (Lipinski definition) is 1. The molecule has 0 amide bonds. The molecule has 25 heavy (non-hydrogen) atoms. The zero-order valence-electron chi connectivity index (χ0n) is 14.1. The highest BCUT2D eigenvalue weighted by molar-refractivity contribution is 6.30. The van der Waals surface area contributed by atoms with Crippen LogP contribution in [0.4, 0.5) is 4.39 Å². The van der Waals surface area contributed by atoms with E-state index < -0.39 is 0 Å². The average Bonchev–Trinajstić information content (AvgIpc) is 3.14. The summed E-state index contributed by atoms with van der Waals surface area (Å²) in [4.78, 5) is 0. The maximum atomic E-state index is 13.2. The zero-order chi connectivity index (χ0) is 17.6. The number of furan rings is 1. The van der Waals surface area contributed by atoms with Gasteiger partial charge in [0.25, 0.3) is 0 Å². The molecule has 2 nitrogen and oxygen atoms in total. The van der Waals surface area contributed by atoms with Crippen LogP contribution < -0.4 is 5.32 Å². The van der Waals surface area contributed by atoms with Crippen molar-refractivity contribution >= 4 is 11.6 Å². The van der Waals surface area contributed by atoms with E-state index >= 15 is 0 Å². The molecule has 3 aromatic rings. The molecule has 2 aromatic carbocycles. The van der Waals surface area contributed by atoms with E-state index in [9.17, 15) is 4.39 Å². The summed E-state index contributed by atoms with van der Waals surface area (Å²) in [5.41, 5.74) is 2.25. The van der Waals surface area contributed by atoms with Crippen molar-refractivity contribution in [1.82, 2.24) is 5.32 Å². The third-order valence-electron chi connectivity index (χ3n) is 4.41. The lowest BCUT2D eigenvalue weighted by atomic mass is 9.93. The first-order valence-corrected chi connectivity index (χ1v) is 8.79. The molecule has 130 valence electrons. The van der Waals surface area contributed by atoms with E-state index in [-0.39, 0.29) is 17.8 Å².